The summed E-state index contributed by atoms with van der Waals surface area (Å²) < 4.78 is 42.7. The molecule has 0 spiro atoms. The highest BCUT2D eigenvalue weighted by molar-refractivity contribution is 6.00. The van der Waals surface area contributed by atoms with E-state index in [0.29, 0.717) is 18.9 Å². The van der Waals surface area contributed by atoms with Crippen LogP contribution in [0.3, 0.4) is 0 Å². The number of pyridine rings is 1. The van der Waals surface area contributed by atoms with Gasteiger partial charge in [0.15, 0.2) is 11.4 Å². The van der Waals surface area contributed by atoms with Crippen LogP contribution in [0.2, 0.25) is 0 Å². The average Bonchev–Trinajstić information content (AvgIpc) is 2.88. The minimum absolute atomic E-state index is 0.0484. The van der Waals surface area contributed by atoms with Crippen LogP contribution in [0.25, 0.3) is 0 Å². The first-order valence-corrected chi connectivity index (χ1v) is 10.0. The molecule has 32 heavy (non-hydrogen) atoms. The van der Waals surface area contributed by atoms with Gasteiger partial charge in [-0.25, -0.2) is 17.8 Å². The van der Waals surface area contributed by atoms with E-state index in [1.807, 2.05) is 0 Å². The van der Waals surface area contributed by atoms with Crippen LogP contribution in [0.15, 0.2) is 23.0 Å². The minimum atomic E-state index is -1.18. The number of hydrogen-bond acceptors (Lipinski definition) is 5. The van der Waals surface area contributed by atoms with Gasteiger partial charge in [-0.1, -0.05) is 6.07 Å². The molecule has 1 saturated heterocycles. The molecule has 2 amide bonds. The SMILES string of the molecule is CC1CCC(CF)N2CN1n1c(Cc3ccc(F)cc3F)c(C(N)=O)c(=O)c(O)c1C2=O. The maximum atomic E-state index is 14.4. The summed E-state index contributed by atoms with van der Waals surface area (Å²) in [6.07, 6.45) is 0.445. The average molecular weight is 450 g/mol. The number of nitrogens with zero attached hydrogens (tertiary/aromatic N) is 3. The Kier molecular flexibility index (Phi) is 5.35. The molecule has 0 saturated carbocycles. The lowest BCUT2D eigenvalue weighted by molar-refractivity contribution is 0.0579. The molecule has 11 heteroatoms. The van der Waals surface area contributed by atoms with Gasteiger partial charge in [-0.3, -0.25) is 19.4 Å². The number of halogens is 3. The number of hydrogen-bond donors (Lipinski definition) is 2. The Morgan fingerprint density at radius 1 is 1.25 bits per heavy atom. The lowest BCUT2D eigenvalue weighted by atomic mass is 10.0. The fraction of sp³-hybridized carbons (Fsp3) is 0.381. The Bertz CT molecular complexity index is 1180. The van der Waals surface area contributed by atoms with Crippen molar-refractivity contribution in [1.82, 2.24) is 9.58 Å². The molecule has 4 rings (SSSR count). The first kappa shape index (κ1) is 21.7. The molecule has 1 aromatic heterocycles. The summed E-state index contributed by atoms with van der Waals surface area (Å²) >= 11 is 0. The number of benzene rings is 1. The maximum absolute atomic E-state index is 14.4. The first-order chi connectivity index (χ1) is 15.1. The highest BCUT2D eigenvalue weighted by atomic mass is 19.1. The van der Waals surface area contributed by atoms with Crippen LogP contribution in [0.4, 0.5) is 13.2 Å². The molecule has 8 nitrogen and oxygen atoms in total. The predicted molar refractivity (Wildman–Crippen MR) is 108 cm³/mol. The van der Waals surface area contributed by atoms with Crippen LogP contribution in [0.1, 0.15) is 51.9 Å². The molecule has 0 radical (unpaired) electrons. The van der Waals surface area contributed by atoms with Crippen molar-refractivity contribution in [3.63, 3.8) is 0 Å². The number of amides is 2. The second-order valence-electron chi connectivity index (χ2n) is 8.03. The maximum Gasteiger partial charge on any atom is 0.278 e. The second kappa shape index (κ2) is 7.88. The van der Waals surface area contributed by atoms with Crippen molar-refractivity contribution in [2.45, 2.75) is 38.3 Å². The van der Waals surface area contributed by atoms with E-state index in [0.717, 1.165) is 12.1 Å². The summed E-state index contributed by atoms with van der Waals surface area (Å²) in [4.78, 5) is 39.5. The smallest absolute Gasteiger partial charge is 0.278 e. The van der Waals surface area contributed by atoms with E-state index in [1.165, 1.54) is 9.58 Å². The van der Waals surface area contributed by atoms with Gasteiger partial charge in [0.25, 0.3) is 11.8 Å². The molecule has 2 atom stereocenters. The van der Waals surface area contributed by atoms with Crippen LogP contribution in [0.5, 0.6) is 5.75 Å². The number of aromatic hydroxyl groups is 1. The molecular formula is C21H21F3N4O4. The summed E-state index contributed by atoms with van der Waals surface area (Å²) in [6, 6.07) is 1.79. The molecular weight excluding hydrogens is 429 g/mol. The van der Waals surface area contributed by atoms with Gasteiger partial charge in [0, 0.05) is 18.5 Å². The highest BCUT2D eigenvalue weighted by Crippen LogP contribution is 2.32. The number of rotatable bonds is 4. The van der Waals surface area contributed by atoms with Crippen molar-refractivity contribution in [3.05, 3.63) is 62.6 Å². The minimum Gasteiger partial charge on any atom is -0.502 e. The van der Waals surface area contributed by atoms with Crippen LogP contribution < -0.4 is 16.2 Å². The largest absolute Gasteiger partial charge is 0.502 e. The molecule has 1 aromatic carbocycles. The third-order valence-electron chi connectivity index (χ3n) is 6.10. The van der Waals surface area contributed by atoms with Crippen LogP contribution in [-0.4, -0.2) is 51.9 Å². The van der Waals surface area contributed by atoms with Crippen molar-refractivity contribution in [1.29, 1.82) is 0 Å². The lowest BCUT2D eigenvalue weighted by Gasteiger charge is -2.43. The van der Waals surface area contributed by atoms with Crippen molar-refractivity contribution in [2.75, 3.05) is 18.4 Å². The molecule has 2 aliphatic rings. The van der Waals surface area contributed by atoms with Gasteiger partial charge in [0.05, 0.1) is 11.7 Å². The van der Waals surface area contributed by atoms with Gasteiger partial charge in [-0.15, -0.1) is 0 Å². The summed E-state index contributed by atoms with van der Waals surface area (Å²) in [6.45, 7) is 0.936. The van der Waals surface area contributed by atoms with Gasteiger partial charge in [-0.2, -0.15) is 0 Å². The standard InChI is InChI=1S/C21H21F3N4O4/c1-10-2-5-13(8-22)26-9-27(10)28-15(6-11-3-4-12(23)7-14(11)24)16(20(25)31)18(29)19(30)17(28)21(26)32/h3-4,7,10,13,30H,2,5-6,8-9H2,1H3,(H2,25,31). The van der Waals surface area contributed by atoms with E-state index in [2.05, 4.69) is 0 Å². The van der Waals surface area contributed by atoms with Gasteiger partial charge in [-0.05, 0) is 31.4 Å². The lowest BCUT2D eigenvalue weighted by Crippen LogP contribution is -2.59. The number of carbonyl (C=O) groups excluding carboxylic acids is 2. The van der Waals surface area contributed by atoms with Crippen molar-refractivity contribution in [3.8, 4) is 5.75 Å². The Morgan fingerprint density at radius 3 is 2.59 bits per heavy atom. The van der Waals surface area contributed by atoms with Gasteiger partial charge >= 0.3 is 0 Å². The van der Waals surface area contributed by atoms with E-state index in [-0.39, 0.29) is 30.4 Å². The molecule has 2 aliphatic heterocycles. The number of nitrogens with two attached hydrogens (primary N) is 1. The molecule has 3 N–H and O–H groups in total. The van der Waals surface area contributed by atoms with Gasteiger partial charge in [0.2, 0.25) is 5.43 Å². The Balaban J connectivity index is 2.02. The van der Waals surface area contributed by atoms with Crippen LogP contribution in [-0.2, 0) is 6.42 Å². The topological polar surface area (TPSA) is 109 Å². The van der Waals surface area contributed by atoms with Gasteiger partial charge in [0.1, 0.15) is 30.5 Å². The molecule has 0 aliphatic carbocycles. The van der Waals surface area contributed by atoms with Gasteiger partial charge < -0.3 is 15.7 Å². The molecule has 2 aromatic rings. The molecule has 1 fully saturated rings. The Morgan fingerprint density at radius 2 is 1.97 bits per heavy atom. The van der Waals surface area contributed by atoms with Crippen molar-refractivity contribution in [2.24, 2.45) is 5.73 Å². The monoisotopic (exact) mass is 450 g/mol. The Hall–Kier alpha value is -3.50. The zero-order valence-electron chi connectivity index (χ0n) is 17.1. The fourth-order valence-electron chi connectivity index (χ4n) is 4.37. The van der Waals surface area contributed by atoms with Crippen LogP contribution in [0, 0.1) is 11.6 Å². The third-order valence-corrected chi connectivity index (χ3v) is 6.10. The van der Waals surface area contributed by atoms with Crippen molar-refractivity contribution < 1.29 is 27.9 Å². The zero-order chi connectivity index (χ0) is 23.3. The van der Waals surface area contributed by atoms with E-state index >= 15 is 0 Å². The molecule has 170 valence electrons. The number of aromatic nitrogens is 1. The van der Waals surface area contributed by atoms with E-state index < -0.39 is 58.6 Å². The molecule has 3 heterocycles. The number of primary amides is 1. The highest BCUT2D eigenvalue weighted by Gasteiger charge is 2.42. The zero-order valence-corrected chi connectivity index (χ0v) is 17.1. The van der Waals surface area contributed by atoms with E-state index in [4.69, 9.17) is 5.73 Å². The third kappa shape index (κ3) is 3.28. The molecule has 2 unspecified atom stereocenters. The molecule has 2 bridgehead atoms. The second-order valence-corrected chi connectivity index (χ2v) is 8.03. The summed E-state index contributed by atoms with van der Waals surface area (Å²) in [7, 11) is 0. The van der Waals surface area contributed by atoms with Crippen LogP contribution >= 0.6 is 0 Å². The normalized spacial score (nSPS) is 20.2. The quantitative estimate of drug-likeness (QED) is 0.732. The predicted octanol–water partition coefficient (Wildman–Crippen LogP) is 1.39. The van der Waals surface area contributed by atoms with E-state index in [9.17, 15) is 32.7 Å². The summed E-state index contributed by atoms with van der Waals surface area (Å²) in [5, 5.41) is 12.2. The fourth-order valence-corrected chi connectivity index (χ4v) is 4.37. The summed E-state index contributed by atoms with van der Waals surface area (Å²) in [5.74, 6) is -4.67. The Labute approximate surface area is 180 Å². The van der Waals surface area contributed by atoms with E-state index in [1.54, 1.807) is 11.9 Å². The number of fused-ring (bicyclic) bond motifs is 4. The first-order valence-electron chi connectivity index (χ1n) is 10.0. The van der Waals surface area contributed by atoms with Crippen molar-refractivity contribution >= 4 is 11.8 Å². The summed E-state index contributed by atoms with van der Waals surface area (Å²) in [5.41, 5.74) is 3.03. The number of carbonyl (C=O) groups is 2. The number of alkyl halides is 1.